The van der Waals surface area contributed by atoms with E-state index < -0.39 is 12.0 Å². The number of aromatic nitrogens is 6. The lowest BCUT2D eigenvalue weighted by Crippen LogP contribution is -2.24. The molecule has 0 fully saturated rings. The Morgan fingerprint density at radius 3 is 2.76 bits per heavy atom. The molecule has 0 radical (unpaired) electrons. The smallest absolute Gasteiger partial charge is 0.252 e. The van der Waals surface area contributed by atoms with E-state index in [2.05, 4.69) is 32.0 Å². The largest absolute Gasteiger partial charge is 0.399 e. The van der Waals surface area contributed by atoms with Crippen molar-refractivity contribution >= 4 is 24.0 Å². The quantitative estimate of drug-likeness (QED) is 0.246. The van der Waals surface area contributed by atoms with Crippen LogP contribution >= 0.6 is 11.6 Å². The summed E-state index contributed by atoms with van der Waals surface area (Å²) in [6.07, 6.45) is 3.00. The molecule has 38 heavy (non-hydrogen) atoms. The number of fused-ring (bicyclic) bond motifs is 1. The van der Waals surface area contributed by atoms with Crippen LogP contribution in [0.2, 0.25) is 5.02 Å². The zero-order valence-electron chi connectivity index (χ0n) is 20.1. The Morgan fingerprint density at radius 1 is 1.16 bits per heavy atom. The highest BCUT2D eigenvalue weighted by Gasteiger charge is 2.29. The van der Waals surface area contributed by atoms with Gasteiger partial charge < -0.3 is 15.3 Å². The van der Waals surface area contributed by atoms with Gasteiger partial charge in [0.25, 0.3) is 5.56 Å². The van der Waals surface area contributed by atoms with Gasteiger partial charge in [0.05, 0.1) is 24.5 Å². The maximum atomic E-state index is 14.8. The van der Waals surface area contributed by atoms with E-state index in [9.17, 15) is 9.18 Å². The molecule has 6 rings (SSSR count). The van der Waals surface area contributed by atoms with Crippen molar-refractivity contribution in [1.29, 1.82) is 0 Å². The molecule has 1 atom stereocenters. The Kier molecular flexibility index (Phi) is 5.88. The van der Waals surface area contributed by atoms with Gasteiger partial charge in [0, 0.05) is 33.6 Å². The minimum Gasteiger partial charge on any atom is -0.399 e. The zero-order chi connectivity index (χ0) is 26.4. The second-order valence-electron chi connectivity index (χ2n) is 9.10. The maximum Gasteiger partial charge on any atom is 0.252 e. The van der Waals surface area contributed by atoms with Crippen LogP contribution < -0.4 is 11.3 Å². The number of benzene rings is 2. The highest BCUT2D eigenvalue weighted by Crippen LogP contribution is 2.35. The van der Waals surface area contributed by atoms with Crippen molar-refractivity contribution < 1.29 is 4.39 Å². The minimum absolute atomic E-state index is 0.195. The number of aliphatic imine (C=N–C) groups is 1. The van der Waals surface area contributed by atoms with Crippen LogP contribution in [0.5, 0.6) is 0 Å². The Morgan fingerprint density at radius 2 is 1.97 bits per heavy atom. The van der Waals surface area contributed by atoms with Crippen molar-refractivity contribution in [3.8, 4) is 28.1 Å². The summed E-state index contributed by atoms with van der Waals surface area (Å²) in [7, 11) is 0. The Bertz CT molecular complexity index is 1740. The topological polar surface area (TPSA) is 120 Å². The highest BCUT2D eigenvalue weighted by molar-refractivity contribution is 6.31. The van der Waals surface area contributed by atoms with Gasteiger partial charge in [-0.3, -0.25) is 9.79 Å². The second kappa shape index (κ2) is 9.38. The maximum absolute atomic E-state index is 14.8. The molecule has 5 aromatic rings. The van der Waals surface area contributed by atoms with E-state index in [4.69, 9.17) is 17.3 Å². The van der Waals surface area contributed by atoms with Crippen molar-refractivity contribution in [2.75, 3.05) is 5.73 Å². The number of nitrogens with zero attached hydrogens (tertiary/aromatic N) is 6. The fourth-order valence-electron chi connectivity index (χ4n) is 4.91. The number of imidazole rings is 1. The van der Waals surface area contributed by atoms with Crippen molar-refractivity contribution in [1.82, 2.24) is 29.5 Å². The predicted molar refractivity (Wildman–Crippen MR) is 144 cm³/mol. The second-order valence-corrected chi connectivity index (χ2v) is 9.54. The molecule has 0 aliphatic carbocycles. The van der Waals surface area contributed by atoms with E-state index >= 15 is 0 Å². The summed E-state index contributed by atoms with van der Waals surface area (Å²) in [5.41, 5.74) is 10.6. The van der Waals surface area contributed by atoms with Crippen LogP contribution in [0.3, 0.4) is 0 Å². The van der Waals surface area contributed by atoms with Crippen molar-refractivity contribution in [2.45, 2.75) is 25.4 Å². The van der Waals surface area contributed by atoms with Crippen molar-refractivity contribution in [2.24, 2.45) is 4.99 Å². The third-order valence-electron chi connectivity index (χ3n) is 6.64. The predicted octanol–water partition coefficient (Wildman–Crippen LogP) is 4.60. The van der Waals surface area contributed by atoms with Gasteiger partial charge in [-0.25, -0.2) is 9.67 Å². The third-order valence-corrected chi connectivity index (χ3v) is 6.88. The van der Waals surface area contributed by atoms with Gasteiger partial charge in [0.2, 0.25) is 5.95 Å². The number of nitrogens with one attached hydrogen (secondary N) is 1. The molecule has 1 aliphatic rings. The molecule has 9 nitrogen and oxygen atoms in total. The first kappa shape index (κ1) is 23.8. The summed E-state index contributed by atoms with van der Waals surface area (Å²) in [4.78, 5) is 24.6. The molecule has 0 bridgehead atoms. The fourth-order valence-corrected chi connectivity index (χ4v) is 5.08. The third kappa shape index (κ3) is 4.18. The molecule has 2 aromatic carbocycles. The first-order chi connectivity index (χ1) is 18.4. The number of anilines is 1. The molecule has 0 saturated carbocycles. The Labute approximate surface area is 221 Å². The van der Waals surface area contributed by atoms with Gasteiger partial charge in [-0.2, -0.15) is 4.39 Å². The molecular weight excluding hydrogens is 507 g/mol. The van der Waals surface area contributed by atoms with Crippen LogP contribution in [-0.2, 0) is 13.0 Å². The summed E-state index contributed by atoms with van der Waals surface area (Å²) >= 11 is 6.34. The van der Waals surface area contributed by atoms with Gasteiger partial charge in [-0.1, -0.05) is 28.9 Å². The zero-order valence-corrected chi connectivity index (χ0v) is 20.9. The molecule has 1 aliphatic heterocycles. The number of halogens is 2. The van der Waals surface area contributed by atoms with E-state index in [0.717, 1.165) is 16.9 Å². The lowest BCUT2D eigenvalue weighted by Gasteiger charge is -2.15. The molecule has 190 valence electrons. The fraction of sp³-hybridized carbons (Fsp3) is 0.148. The molecular formula is C27H22ClFN8O. The highest BCUT2D eigenvalue weighted by atomic mass is 35.5. The number of nitrogens with two attached hydrogens (primary N) is 1. The summed E-state index contributed by atoms with van der Waals surface area (Å²) in [5.74, 6) is -0.150. The van der Waals surface area contributed by atoms with Crippen LogP contribution in [0.25, 0.3) is 28.1 Å². The average molecular weight is 529 g/mol. The number of hydrogen-bond donors (Lipinski definition) is 2. The average Bonchev–Trinajstić information content (AvgIpc) is 3.63. The molecule has 11 heteroatoms. The summed E-state index contributed by atoms with van der Waals surface area (Å²) in [5, 5.41) is 8.86. The van der Waals surface area contributed by atoms with Crippen molar-refractivity contribution in [3.63, 3.8) is 0 Å². The number of aromatic amines is 1. The summed E-state index contributed by atoms with van der Waals surface area (Å²) in [6.45, 7) is 3.84. The van der Waals surface area contributed by atoms with E-state index in [-0.39, 0.29) is 11.3 Å². The van der Waals surface area contributed by atoms with Gasteiger partial charge in [-0.05, 0) is 61.5 Å². The molecule has 0 saturated heterocycles. The lowest BCUT2D eigenvalue weighted by atomic mass is 10.0. The van der Waals surface area contributed by atoms with Gasteiger partial charge in [0.1, 0.15) is 17.2 Å². The summed E-state index contributed by atoms with van der Waals surface area (Å²) < 4.78 is 18.1. The minimum atomic E-state index is -0.551. The number of rotatable bonds is 6. The van der Waals surface area contributed by atoms with E-state index in [0.29, 0.717) is 52.7 Å². The Hall–Kier alpha value is -4.57. The number of aryl methyl sites for hydroxylation is 1. The molecule has 3 N–H and O–H groups in total. The van der Waals surface area contributed by atoms with E-state index in [1.54, 1.807) is 57.9 Å². The standard InChI is InChI=1S/C27H22ClFN8O/c1-31-13-19-14-36(35-34-19)22-8-4-17(28)12-21(22)16-10-20-7-9-23(37(20)24(38)11-16)27-32-25(26(29)33-27)15-2-5-18(30)6-3-15/h2-6,8,10-12,14,23H,1,7,9,13,30H2,(H,32,33)/t23-/m0/s1. The first-order valence-corrected chi connectivity index (χ1v) is 12.3. The number of hydrogen-bond acceptors (Lipinski definition) is 6. The number of H-pyrrole nitrogens is 1. The van der Waals surface area contributed by atoms with Crippen molar-refractivity contribution in [3.05, 3.63) is 99.3 Å². The van der Waals surface area contributed by atoms with Crippen LogP contribution in [0.1, 0.15) is 29.7 Å². The molecule has 4 heterocycles. The molecule has 0 unspecified atom stereocenters. The van der Waals surface area contributed by atoms with Crippen LogP contribution in [0.4, 0.5) is 10.1 Å². The summed E-state index contributed by atoms with van der Waals surface area (Å²) in [6, 6.07) is 15.3. The lowest BCUT2D eigenvalue weighted by molar-refractivity contribution is 0.548. The van der Waals surface area contributed by atoms with E-state index in [1.165, 1.54) is 0 Å². The Balaban J connectivity index is 1.39. The van der Waals surface area contributed by atoms with Crippen LogP contribution in [0.15, 0.2) is 70.6 Å². The molecule has 0 spiro atoms. The SMILES string of the molecule is C=NCc1cn(-c2ccc(Cl)cc2-c2cc3n(c(=O)c2)[C@H](c2nc(-c4ccc(N)cc4)c(F)[nH]2)CC3)nn1. The van der Waals surface area contributed by atoms with Gasteiger partial charge >= 0.3 is 0 Å². The first-order valence-electron chi connectivity index (χ1n) is 11.9. The van der Waals surface area contributed by atoms with Gasteiger partial charge in [0.15, 0.2) is 0 Å². The number of pyridine rings is 1. The normalized spacial score (nSPS) is 14.5. The number of nitrogen functional groups attached to an aromatic ring is 1. The van der Waals surface area contributed by atoms with Gasteiger partial charge in [-0.15, -0.1) is 5.10 Å². The van der Waals surface area contributed by atoms with Crippen LogP contribution in [0, 0.1) is 5.95 Å². The van der Waals surface area contributed by atoms with Crippen LogP contribution in [-0.4, -0.2) is 36.2 Å². The monoisotopic (exact) mass is 528 g/mol. The molecule has 3 aromatic heterocycles. The molecule has 0 amide bonds. The van der Waals surface area contributed by atoms with E-state index in [1.807, 2.05) is 12.1 Å².